The number of pyridine rings is 1. The number of hydrogen-bond donors (Lipinski definition) is 0. The van der Waals surface area contributed by atoms with Crippen molar-refractivity contribution in [1.29, 1.82) is 0 Å². The molecule has 0 N–H and O–H groups in total. The molecule has 12 aromatic carbocycles. The van der Waals surface area contributed by atoms with Gasteiger partial charge in [0.1, 0.15) is 5.82 Å². The molecule has 0 atom stereocenters. The SMILES string of the molecule is [2H]c1c(-c2ccccc2)c([2H])c(-c2cccc(-c3c([2H])c(-c4ccccc4)c([2H])c(-c4ccccc4)c3[2H])c2-[n+]2[c-]n(-c3[c-]c(Oc4[c-]c5c(cc4)c4cc(-c6ccccc6)ccc4n5-c4cc(C([2H])([2H])[2H])c(C([2H])([2H])[2H])cn4)ccc3)c3ccccc32)c([2H])c1-c1ccccc1.[Pt]. The Hall–Kier alpha value is -10.5. The molecule has 86 heavy (non-hydrogen) atoms. The van der Waals surface area contributed by atoms with E-state index in [0.717, 1.165) is 28.1 Å². The quantitative estimate of drug-likeness (QED) is 0.0903. The van der Waals surface area contributed by atoms with Crippen molar-refractivity contribution in [3.8, 4) is 107 Å². The number of aryl methyl sites for hydroxylation is 2. The average Bonchev–Trinajstić information content (AvgIpc) is 1.08. The van der Waals surface area contributed by atoms with E-state index >= 15 is 0 Å². The molecule has 0 aliphatic heterocycles. The summed E-state index contributed by atoms with van der Waals surface area (Å²) in [5.41, 5.74) is 9.21. The fraction of sp³-hybridized carbons (Fsp3) is 0.0250. The van der Waals surface area contributed by atoms with E-state index in [4.69, 9.17) is 13.0 Å². The molecule has 3 aromatic heterocycles. The summed E-state index contributed by atoms with van der Waals surface area (Å²) in [7, 11) is 0. The summed E-state index contributed by atoms with van der Waals surface area (Å²) in [5.74, 6) is 0.705. The van der Waals surface area contributed by atoms with E-state index in [-0.39, 0.29) is 96.9 Å². The monoisotopic (exact) mass is 1290 g/mol. The smallest absolute Gasteiger partial charge is 0.268 e. The molecule has 0 unspecified atom stereocenters. The fourth-order valence-electron chi connectivity index (χ4n) is 11.1. The first kappa shape index (κ1) is 41.5. The summed E-state index contributed by atoms with van der Waals surface area (Å²) >= 11 is 0. The van der Waals surface area contributed by atoms with E-state index in [0.29, 0.717) is 89.1 Å². The van der Waals surface area contributed by atoms with Crippen molar-refractivity contribution in [3.05, 3.63) is 321 Å². The maximum atomic E-state index is 10.3. The molecule has 6 heteroatoms. The molecule has 15 aromatic rings. The van der Waals surface area contributed by atoms with Gasteiger partial charge in [0.2, 0.25) is 0 Å². The minimum absolute atomic E-state index is 0. The van der Waals surface area contributed by atoms with Crippen LogP contribution in [0.25, 0.3) is 128 Å². The Kier molecular flexibility index (Phi) is 11.1. The van der Waals surface area contributed by atoms with Crippen LogP contribution in [0, 0.1) is 32.2 Å². The molecule has 0 saturated carbocycles. The van der Waals surface area contributed by atoms with Gasteiger partial charge in [0.25, 0.3) is 6.33 Å². The third-order valence-corrected chi connectivity index (χ3v) is 15.2. The van der Waals surface area contributed by atoms with E-state index in [1.807, 2.05) is 234 Å². The molecule has 0 amide bonds. The zero-order valence-electron chi connectivity index (χ0n) is 57.8. The van der Waals surface area contributed by atoms with Crippen molar-refractivity contribution in [2.75, 3.05) is 0 Å². The van der Waals surface area contributed by atoms with Crippen LogP contribution in [-0.2, 0) is 21.1 Å². The summed E-state index contributed by atoms with van der Waals surface area (Å²) in [5, 5.41) is 1.54. The summed E-state index contributed by atoms with van der Waals surface area (Å²) in [6.07, 6.45) is 4.78. The molecule has 0 aliphatic rings. The summed E-state index contributed by atoms with van der Waals surface area (Å²) in [6, 6.07) is 83.1. The van der Waals surface area contributed by atoms with Crippen molar-refractivity contribution < 1.29 is 46.8 Å². The van der Waals surface area contributed by atoms with Gasteiger partial charge >= 0.3 is 0 Å². The van der Waals surface area contributed by atoms with Gasteiger partial charge in [-0.05, 0) is 162 Å². The number of aromatic nitrogens is 4. The standard InChI is InChI=1S/C80H54N4O.Pt/c1-54-42-79(81-52-55(54)2)84-75-41-38-61(56-22-8-3-9-23-56)49-74(75)73-40-39-70(51-78(73)84)85-69-33-20-32-68(50-69)82-53-83(77-37-19-18-36-76(77)82)80-71(66-45-62(57-24-10-4-11-25-57)43-63(46-66)58-26-12-5-13-27-58)34-21-35-72(80)67-47-64(59-28-14-6-15-29-59)44-65(48-67)60-30-16-7-17-31-60;/h3-49,52H,1-2H3;/q-2;/i1D3,2D3,43D,44D,45D,46D,47D,48D;. The Balaban J connectivity index is 0.00000821. The molecular formula is C80H54N4OPt-2. The van der Waals surface area contributed by atoms with E-state index in [1.54, 1.807) is 22.8 Å². The second-order valence-corrected chi connectivity index (χ2v) is 20.5. The van der Waals surface area contributed by atoms with Crippen LogP contribution >= 0.6 is 0 Å². The molecule has 0 fully saturated rings. The van der Waals surface area contributed by atoms with Crippen molar-refractivity contribution in [1.82, 2.24) is 14.1 Å². The van der Waals surface area contributed by atoms with Crippen molar-refractivity contribution >= 4 is 32.8 Å². The van der Waals surface area contributed by atoms with Crippen molar-refractivity contribution in [2.24, 2.45) is 0 Å². The summed E-state index contributed by atoms with van der Waals surface area (Å²) < 4.78 is 123. The molecule has 0 spiro atoms. The number of para-hydroxylation sites is 3. The van der Waals surface area contributed by atoms with Crippen molar-refractivity contribution in [2.45, 2.75) is 13.7 Å². The Morgan fingerprint density at radius 3 is 1.48 bits per heavy atom. The third-order valence-electron chi connectivity index (χ3n) is 15.2. The maximum absolute atomic E-state index is 10.3. The van der Waals surface area contributed by atoms with E-state index in [1.165, 1.54) is 6.07 Å². The van der Waals surface area contributed by atoms with Gasteiger partial charge in [0.05, 0.1) is 24.9 Å². The van der Waals surface area contributed by atoms with Gasteiger partial charge in [-0.25, -0.2) is 4.98 Å². The number of ether oxygens (including phenoxy) is 1. The molecule has 5 nitrogen and oxygen atoms in total. The molecule has 0 aliphatic carbocycles. The Bertz CT molecular complexity index is 5290. The molecule has 0 bridgehead atoms. The second kappa shape index (κ2) is 23.0. The molecule has 15 rings (SSSR count). The number of fused-ring (bicyclic) bond motifs is 4. The third kappa shape index (κ3) is 10.1. The van der Waals surface area contributed by atoms with Crippen molar-refractivity contribution in [3.63, 3.8) is 0 Å². The first-order valence-corrected chi connectivity index (χ1v) is 27.8. The number of benzene rings is 12. The number of hydrogen-bond acceptors (Lipinski definition) is 2. The summed E-state index contributed by atoms with van der Waals surface area (Å²) in [4.78, 5) is 4.61. The van der Waals surface area contributed by atoms with Crippen LogP contribution in [0.4, 0.5) is 0 Å². The van der Waals surface area contributed by atoms with Gasteiger partial charge in [-0.3, -0.25) is 4.57 Å². The summed E-state index contributed by atoms with van der Waals surface area (Å²) in [6.45, 7) is -5.54. The normalized spacial score (nSPS) is 13.6. The van der Waals surface area contributed by atoms with Gasteiger partial charge in [0.15, 0.2) is 0 Å². The van der Waals surface area contributed by atoms with Crippen LogP contribution in [0.15, 0.2) is 291 Å². The second-order valence-electron chi connectivity index (χ2n) is 20.5. The molecule has 412 valence electrons. The van der Waals surface area contributed by atoms with Gasteiger partial charge in [-0.15, -0.1) is 29.7 Å². The molecule has 0 saturated heterocycles. The van der Waals surface area contributed by atoms with Gasteiger partial charge in [0, 0.05) is 52.5 Å². The minimum atomic E-state index is -2.79. The van der Waals surface area contributed by atoms with Crippen LogP contribution in [0.5, 0.6) is 11.5 Å². The van der Waals surface area contributed by atoms with Crippen LogP contribution in [0.2, 0.25) is 0 Å². The van der Waals surface area contributed by atoms with E-state index < -0.39 is 13.7 Å². The van der Waals surface area contributed by atoms with Gasteiger partial charge < -0.3 is 13.9 Å². The van der Waals surface area contributed by atoms with Crippen LogP contribution in [0.1, 0.15) is 27.6 Å². The topological polar surface area (TPSA) is 35.9 Å². The van der Waals surface area contributed by atoms with E-state index in [2.05, 4.69) is 23.4 Å². The zero-order chi connectivity index (χ0) is 67.0. The van der Waals surface area contributed by atoms with Crippen LogP contribution in [0.3, 0.4) is 0 Å². The Morgan fingerprint density at radius 2 is 0.919 bits per heavy atom. The molecule has 0 radical (unpaired) electrons. The Labute approximate surface area is 532 Å². The molecule has 3 heterocycles. The Morgan fingerprint density at radius 1 is 0.419 bits per heavy atom. The number of imidazole rings is 1. The maximum Gasteiger partial charge on any atom is 0.268 e. The largest absolute Gasteiger partial charge is 0.510 e. The van der Waals surface area contributed by atoms with Crippen LogP contribution in [-0.4, -0.2) is 14.1 Å². The molecular weight excluding hydrogens is 1230 g/mol. The zero-order valence-corrected chi connectivity index (χ0v) is 48.0. The van der Waals surface area contributed by atoms with Gasteiger partial charge in [-0.1, -0.05) is 212 Å². The van der Waals surface area contributed by atoms with Gasteiger partial charge in [-0.2, -0.15) is 18.2 Å². The average molecular weight is 1290 g/mol. The van der Waals surface area contributed by atoms with E-state index in [9.17, 15) is 8.22 Å². The first-order valence-electron chi connectivity index (χ1n) is 33.8. The number of rotatable bonds is 12. The fourth-order valence-corrected chi connectivity index (χ4v) is 11.1. The van der Waals surface area contributed by atoms with Crippen LogP contribution < -0.4 is 9.30 Å². The predicted octanol–water partition coefficient (Wildman–Crippen LogP) is 19.9. The minimum Gasteiger partial charge on any atom is -0.510 e. The number of nitrogens with zero attached hydrogens (tertiary/aromatic N) is 4. The predicted molar refractivity (Wildman–Crippen MR) is 347 cm³/mol. The first-order chi connectivity index (χ1) is 46.9.